The smallest absolute Gasteiger partial charge is 0.134 e. The molecule has 1 fully saturated rings. The first kappa shape index (κ1) is 11.3. The average Bonchev–Trinajstić information content (AvgIpc) is 2.36. The molecule has 2 aromatic rings. The summed E-state index contributed by atoms with van der Waals surface area (Å²) in [6, 6.07) is 8.13. The number of anilines is 1. The third-order valence-electron chi connectivity index (χ3n) is 3.85. The molecule has 0 amide bonds. The van der Waals surface area contributed by atoms with Crippen LogP contribution < -0.4 is 10.1 Å². The van der Waals surface area contributed by atoms with Crippen LogP contribution in [0.25, 0.3) is 10.8 Å². The van der Waals surface area contributed by atoms with E-state index >= 15 is 0 Å². The van der Waals surface area contributed by atoms with Crippen molar-refractivity contribution in [2.24, 2.45) is 0 Å². The van der Waals surface area contributed by atoms with Gasteiger partial charge in [-0.1, -0.05) is 0 Å². The molecule has 1 aliphatic rings. The number of pyridine rings is 1. The molecule has 3 heteroatoms. The van der Waals surface area contributed by atoms with Crippen LogP contribution in [0.2, 0.25) is 0 Å². The maximum Gasteiger partial charge on any atom is 0.134 e. The molecule has 3 nitrogen and oxygen atoms in total. The van der Waals surface area contributed by atoms with E-state index in [1.807, 2.05) is 24.4 Å². The van der Waals surface area contributed by atoms with Crippen LogP contribution in [0.1, 0.15) is 26.2 Å². The molecule has 18 heavy (non-hydrogen) atoms. The van der Waals surface area contributed by atoms with Crippen LogP contribution in [0.4, 0.5) is 5.82 Å². The minimum absolute atomic E-state index is 0.223. The van der Waals surface area contributed by atoms with Crippen molar-refractivity contribution in [3.8, 4) is 5.75 Å². The molecule has 1 aromatic carbocycles. The van der Waals surface area contributed by atoms with E-state index in [9.17, 15) is 0 Å². The van der Waals surface area contributed by atoms with Crippen molar-refractivity contribution >= 4 is 16.6 Å². The van der Waals surface area contributed by atoms with Crippen molar-refractivity contribution in [1.82, 2.24) is 4.98 Å². The van der Waals surface area contributed by atoms with E-state index in [0.29, 0.717) is 0 Å². The number of nitrogens with one attached hydrogen (secondary N) is 1. The third kappa shape index (κ3) is 1.90. The van der Waals surface area contributed by atoms with Crippen LogP contribution in [-0.2, 0) is 0 Å². The lowest BCUT2D eigenvalue weighted by Gasteiger charge is -2.39. The van der Waals surface area contributed by atoms with Crippen LogP contribution in [0.3, 0.4) is 0 Å². The number of aromatic nitrogens is 1. The van der Waals surface area contributed by atoms with Gasteiger partial charge in [0.1, 0.15) is 11.6 Å². The number of fused-ring (bicyclic) bond motifs is 1. The van der Waals surface area contributed by atoms with Gasteiger partial charge < -0.3 is 10.1 Å². The third-order valence-corrected chi connectivity index (χ3v) is 3.85. The van der Waals surface area contributed by atoms with Crippen LogP contribution in [-0.4, -0.2) is 17.6 Å². The molecule has 1 aromatic heterocycles. The minimum atomic E-state index is 0.223. The molecule has 0 bridgehead atoms. The van der Waals surface area contributed by atoms with Crippen LogP contribution in [0, 0.1) is 0 Å². The minimum Gasteiger partial charge on any atom is -0.497 e. The van der Waals surface area contributed by atoms with Crippen molar-refractivity contribution < 1.29 is 4.74 Å². The highest BCUT2D eigenvalue weighted by Crippen LogP contribution is 2.36. The summed E-state index contributed by atoms with van der Waals surface area (Å²) in [6.45, 7) is 2.26. The number of hydrogen-bond acceptors (Lipinski definition) is 3. The Labute approximate surface area is 107 Å². The van der Waals surface area contributed by atoms with Crippen molar-refractivity contribution in [2.75, 3.05) is 12.4 Å². The Morgan fingerprint density at radius 2 is 2.11 bits per heavy atom. The van der Waals surface area contributed by atoms with E-state index in [1.54, 1.807) is 7.11 Å². The average molecular weight is 242 g/mol. The second-order valence-electron chi connectivity index (χ2n) is 5.29. The highest BCUT2D eigenvalue weighted by Gasteiger charge is 2.32. The number of ether oxygens (including phenoxy) is 1. The lowest BCUT2D eigenvalue weighted by molar-refractivity contribution is 0.306. The number of methoxy groups -OCH3 is 1. The SMILES string of the molecule is COc1ccc2c(NC3(C)CCC3)nccc2c1. The van der Waals surface area contributed by atoms with E-state index in [0.717, 1.165) is 22.3 Å². The van der Waals surface area contributed by atoms with Crippen molar-refractivity contribution in [3.05, 3.63) is 30.5 Å². The molecule has 0 atom stereocenters. The molecule has 1 heterocycles. The Kier molecular flexibility index (Phi) is 2.62. The van der Waals surface area contributed by atoms with Gasteiger partial charge in [0.05, 0.1) is 7.11 Å². The summed E-state index contributed by atoms with van der Waals surface area (Å²) in [5, 5.41) is 5.90. The lowest BCUT2D eigenvalue weighted by atomic mass is 9.78. The Morgan fingerprint density at radius 3 is 2.78 bits per heavy atom. The largest absolute Gasteiger partial charge is 0.497 e. The molecule has 94 valence electrons. The molecule has 0 aliphatic heterocycles. The molecule has 1 aliphatic carbocycles. The van der Waals surface area contributed by atoms with Gasteiger partial charge in [-0.15, -0.1) is 0 Å². The summed E-state index contributed by atoms with van der Waals surface area (Å²) in [4.78, 5) is 4.48. The molecular formula is C15H18N2O. The van der Waals surface area contributed by atoms with Gasteiger partial charge in [0.15, 0.2) is 0 Å². The standard InChI is InChI=1S/C15H18N2O/c1-15(7-3-8-15)17-14-13-5-4-12(18-2)10-11(13)6-9-16-14/h4-6,9-10H,3,7-8H2,1-2H3,(H,16,17). The van der Waals surface area contributed by atoms with Gasteiger partial charge in [0.25, 0.3) is 0 Å². The Hall–Kier alpha value is -1.77. The number of hydrogen-bond donors (Lipinski definition) is 1. The maximum absolute atomic E-state index is 5.25. The monoisotopic (exact) mass is 242 g/mol. The first-order chi connectivity index (χ1) is 8.70. The van der Waals surface area contributed by atoms with Gasteiger partial charge in [-0.3, -0.25) is 0 Å². The predicted octanol–water partition coefficient (Wildman–Crippen LogP) is 3.60. The van der Waals surface area contributed by atoms with Gasteiger partial charge in [-0.25, -0.2) is 4.98 Å². The molecule has 3 rings (SSSR count). The highest BCUT2D eigenvalue weighted by molar-refractivity contribution is 5.92. The van der Waals surface area contributed by atoms with Gasteiger partial charge >= 0.3 is 0 Å². The van der Waals surface area contributed by atoms with Crippen molar-refractivity contribution in [1.29, 1.82) is 0 Å². The normalized spacial score (nSPS) is 17.2. The first-order valence-electron chi connectivity index (χ1n) is 6.41. The summed E-state index contributed by atoms with van der Waals surface area (Å²) in [5.41, 5.74) is 0.223. The van der Waals surface area contributed by atoms with Gasteiger partial charge in [0, 0.05) is 17.1 Å². The summed E-state index contributed by atoms with van der Waals surface area (Å²) in [7, 11) is 1.69. The molecule has 0 spiro atoms. The van der Waals surface area contributed by atoms with Crippen molar-refractivity contribution in [3.63, 3.8) is 0 Å². The van der Waals surface area contributed by atoms with E-state index < -0.39 is 0 Å². The maximum atomic E-state index is 5.25. The van der Waals surface area contributed by atoms with Crippen LogP contribution >= 0.6 is 0 Å². The second kappa shape index (κ2) is 4.16. The van der Waals surface area contributed by atoms with Gasteiger partial charge in [-0.05, 0) is 55.8 Å². The molecular weight excluding hydrogens is 224 g/mol. The summed E-state index contributed by atoms with van der Waals surface area (Å²) in [6.07, 6.45) is 5.61. The number of benzene rings is 1. The zero-order chi connectivity index (χ0) is 12.6. The van der Waals surface area contributed by atoms with E-state index in [4.69, 9.17) is 4.74 Å². The quantitative estimate of drug-likeness (QED) is 0.893. The predicted molar refractivity (Wildman–Crippen MR) is 74.2 cm³/mol. The number of nitrogens with zero attached hydrogens (tertiary/aromatic N) is 1. The van der Waals surface area contributed by atoms with Gasteiger partial charge in [-0.2, -0.15) is 0 Å². The van der Waals surface area contributed by atoms with Gasteiger partial charge in [0.2, 0.25) is 0 Å². The zero-order valence-electron chi connectivity index (χ0n) is 10.9. The fourth-order valence-corrected chi connectivity index (χ4v) is 2.50. The molecule has 1 N–H and O–H groups in total. The fourth-order valence-electron chi connectivity index (χ4n) is 2.50. The first-order valence-corrected chi connectivity index (χ1v) is 6.41. The van der Waals surface area contributed by atoms with E-state index in [1.165, 1.54) is 19.3 Å². The Balaban J connectivity index is 2.01. The van der Waals surface area contributed by atoms with E-state index in [-0.39, 0.29) is 5.54 Å². The van der Waals surface area contributed by atoms with Crippen LogP contribution in [0.5, 0.6) is 5.75 Å². The Morgan fingerprint density at radius 1 is 1.28 bits per heavy atom. The van der Waals surface area contributed by atoms with Crippen molar-refractivity contribution in [2.45, 2.75) is 31.7 Å². The second-order valence-corrected chi connectivity index (χ2v) is 5.29. The lowest BCUT2D eigenvalue weighted by Crippen LogP contribution is -2.41. The molecule has 1 saturated carbocycles. The fraction of sp³-hybridized carbons (Fsp3) is 0.400. The zero-order valence-corrected chi connectivity index (χ0v) is 10.9. The summed E-state index contributed by atoms with van der Waals surface area (Å²) >= 11 is 0. The molecule has 0 radical (unpaired) electrons. The molecule has 0 unspecified atom stereocenters. The summed E-state index contributed by atoms with van der Waals surface area (Å²) < 4.78 is 5.25. The van der Waals surface area contributed by atoms with Crippen LogP contribution in [0.15, 0.2) is 30.5 Å². The number of rotatable bonds is 3. The highest BCUT2D eigenvalue weighted by atomic mass is 16.5. The topological polar surface area (TPSA) is 34.1 Å². The summed E-state index contributed by atoms with van der Waals surface area (Å²) in [5.74, 6) is 1.87. The Bertz CT molecular complexity index is 576. The molecule has 0 saturated heterocycles. The van der Waals surface area contributed by atoms with E-state index in [2.05, 4.69) is 23.3 Å².